The first kappa shape index (κ1) is 24.0. The predicted octanol–water partition coefficient (Wildman–Crippen LogP) is 4.53. The summed E-state index contributed by atoms with van der Waals surface area (Å²) in [6, 6.07) is 12.0. The average Bonchev–Trinajstić information content (AvgIpc) is 3.01. The third-order valence-corrected chi connectivity index (χ3v) is 6.37. The van der Waals surface area contributed by atoms with Crippen molar-refractivity contribution in [2.24, 2.45) is 0 Å². The Hall–Kier alpha value is -2.64. The highest BCUT2D eigenvalue weighted by atomic mass is 79.9. The van der Waals surface area contributed by atoms with Crippen molar-refractivity contribution >= 4 is 33.4 Å². The summed E-state index contributed by atoms with van der Waals surface area (Å²) < 4.78 is 6.44. The summed E-state index contributed by atoms with van der Waals surface area (Å²) >= 11 is 3.46. The van der Waals surface area contributed by atoms with Gasteiger partial charge in [-0.15, -0.1) is 0 Å². The zero-order valence-corrected chi connectivity index (χ0v) is 20.5. The molecule has 1 atom stereocenters. The van der Waals surface area contributed by atoms with E-state index in [1.54, 1.807) is 17.0 Å². The van der Waals surface area contributed by atoms with Crippen molar-refractivity contribution in [3.05, 3.63) is 69.2 Å². The van der Waals surface area contributed by atoms with Gasteiger partial charge in [0.1, 0.15) is 11.5 Å². The summed E-state index contributed by atoms with van der Waals surface area (Å²) in [4.78, 5) is 29.7. The van der Waals surface area contributed by atoms with Crippen LogP contribution in [0.3, 0.4) is 0 Å². The first-order valence-corrected chi connectivity index (χ1v) is 11.5. The van der Waals surface area contributed by atoms with Gasteiger partial charge < -0.3 is 19.6 Å². The maximum absolute atomic E-state index is 13.1. The van der Waals surface area contributed by atoms with Crippen molar-refractivity contribution in [2.45, 2.75) is 26.3 Å². The number of benzene rings is 2. The highest BCUT2D eigenvalue weighted by Crippen LogP contribution is 2.40. The van der Waals surface area contributed by atoms with Crippen LogP contribution in [0.25, 0.3) is 5.76 Å². The van der Waals surface area contributed by atoms with Crippen LogP contribution in [-0.2, 0) is 9.59 Å². The quantitative estimate of drug-likeness (QED) is 0.327. The third-order valence-electron chi connectivity index (χ3n) is 5.48. The Morgan fingerprint density at radius 1 is 1.16 bits per heavy atom. The highest BCUT2D eigenvalue weighted by Gasteiger charge is 2.45. The standard InChI is InChI=1S/C25H29BrN2O4/c1-5-32-19-10-7-17(8-11-19)22-21(23(29)18-9-12-20(26)16(2)15-18)24(30)25(31)28(22)14-6-13-27(3)4/h7-12,15,22,29H,5-6,13-14H2,1-4H3/b23-21-. The molecule has 1 amide bonds. The van der Waals surface area contributed by atoms with Crippen molar-refractivity contribution in [3.8, 4) is 5.75 Å². The van der Waals surface area contributed by atoms with Crippen LogP contribution in [-0.4, -0.2) is 60.4 Å². The van der Waals surface area contributed by atoms with E-state index in [4.69, 9.17) is 4.74 Å². The second kappa shape index (κ2) is 10.3. The van der Waals surface area contributed by atoms with E-state index >= 15 is 0 Å². The molecule has 1 saturated heterocycles. The van der Waals surface area contributed by atoms with Crippen LogP contribution >= 0.6 is 15.9 Å². The molecule has 2 aromatic rings. The van der Waals surface area contributed by atoms with Crippen LogP contribution in [0.15, 0.2) is 52.5 Å². The molecule has 1 aliphatic heterocycles. The average molecular weight is 501 g/mol. The van der Waals surface area contributed by atoms with Gasteiger partial charge in [0.05, 0.1) is 18.2 Å². The summed E-state index contributed by atoms with van der Waals surface area (Å²) in [5, 5.41) is 11.2. The molecule has 1 N–H and O–H groups in total. The van der Waals surface area contributed by atoms with Gasteiger partial charge in [-0.3, -0.25) is 9.59 Å². The molecule has 2 aromatic carbocycles. The second-order valence-electron chi connectivity index (χ2n) is 8.12. The van der Waals surface area contributed by atoms with Crippen LogP contribution in [0, 0.1) is 6.92 Å². The summed E-state index contributed by atoms with van der Waals surface area (Å²) in [6.07, 6.45) is 0.713. The Balaban J connectivity index is 2.08. The molecule has 0 saturated carbocycles. The molecule has 0 aromatic heterocycles. The number of Topliss-reactive ketones (excluding diaryl/α,β-unsaturated/α-hetero) is 1. The van der Waals surface area contributed by atoms with Crippen LogP contribution in [0.2, 0.25) is 0 Å². The van der Waals surface area contributed by atoms with E-state index in [0.717, 1.165) is 22.1 Å². The molecule has 0 aliphatic carbocycles. The van der Waals surface area contributed by atoms with Crippen molar-refractivity contribution in [1.29, 1.82) is 0 Å². The number of likely N-dealkylation sites (tertiary alicyclic amines) is 1. The largest absolute Gasteiger partial charge is 0.507 e. The fourth-order valence-corrected chi connectivity index (χ4v) is 4.12. The van der Waals surface area contributed by atoms with Gasteiger partial charge in [-0.2, -0.15) is 0 Å². The lowest BCUT2D eigenvalue weighted by atomic mass is 9.94. The third kappa shape index (κ3) is 5.05. The minimum absolute atomic E-state index is 0.116. The molecule has 1 fully saturated rings. The van der Waals surface area contributed by atoms with Gasteiger partial charge in [-0.05, 0) is 76.3 Å². The number of ketones is 1. The Kier molecular flexibility index (Phi) is 7.74. The lowest BCUT2D eigenvalue weighted by Gasteiger charge is -2.26. The van der Waals surface area contributed by atoms with Crippen molar-refractivity contribution in [2.75, 3.05) is 33.8 Å². The number of ether oxygens (including phenoxy) is 1. The molecule has 0 bridgehead atoms. The summed E-state index contributed by atoms with van der Waals surface area (Å²) in [7, 11) is 3.93. The van der Waals surface area contributed by atoms with Crippen LogP contribution in [0.5, 0.6) is 5.75 Å². The number of halogens is 1. The topological polar surface area (TPSA) is 70.1 Å². The number of nitrogens with zero attached hydrogens (tertiary/aromatic N) is 2. The Morgan fingerprint density at radius 3 is 2.44 bits per heavy atom. The van der Waals surface area contributed by atoms with E-state index in [9.17, 15) is 14.7 Å². The number of rotatable bonds is 8. The van der Waals surface area contributed by atoms with Gasteiger partial charge in [0, 0.05) is 16.6 Å². The zero-order chi connectivity index (χ0) is 23.4. The Bertz CT molecular complexity index is 1030. The number of carbonyl (C=O) groups is 2. The smallest absolute Gasteiger partial charge is 0.295 e. The van der Waals surface area contributed by atoms with E-state index < -0.39 is 17.7 Å². The molecular weight excluding hydrogens is 472 g/mol. The zero-order valence-electron chi connectivity index (χ0n) is 18.9. The maximum atomic E-state index is 13.1. The highest BCUT2D eigenvalue weighted by molar-refractivity contribution is 9.10. The van der Waals surface area contributed by atoms with Crippen LogP contribution in [0.1, 0.15) is 36.1 Å². The van der Waals surface area contributed by atoms with Crippen molar-refractivity contribution < 1.29 is 19.4 Å². The number of aliphatic hydroxyl groups is 1. The number of amides is 1. The molecule has 3 rings (SSSR count). The maximum Gasteiger partial charge on any atom is 0.295 e. The molecule has 7 heteroatoms. The van der Waals surface area contributed by atoms with Gasteiger partial charge in [0.15, 0.2) is 0 Å². The van der Waals surface area contributed by atoms with Gasteiger partial charge >= 0.3 is 0 Å². The fraction of sp³-hybridized carbons (Fsp3) is 0.360. The molecule has 32 heavy (non-hydrogen) atoms. The lowest BCUT2D eigenvalue weighted by molar-refractivity contribution is -0.139. The fourth-order valence-electron chi connectivity index (χ4n) is 3.87. The number of hydrogen-bond acceptors (Lipinski definition) is 5. The first-order valence-electron chi connectivity index (χ1n) is 10.7. The predicted molar refractivity (Wildman–Crippen MR) is 129 cm³/mol. The van der Waals surface area contributed by atoms with Gasteiger partial charge in [-0.25, -0.2) is 0 Å². The molecule has 1 aliphatic rings. The van der Waals surface area contributed by atoms with Crippen molar-refractivity contribution in [3.63, 3.8) is 0 Å². The summed E-state index contributed by atoms with van der Waals surface area (Å²) in [6.45, 7) is 5.56. The van der Waals surface area contributed by atoms with Gasteiger partial charge in [-0.1, -0.05) is 34.1 Å². The molecule has 1 heterocycles. The van der Waals surface area contributed by atoms with E-state index in [0.29, 0.717) is 30.9 Å². The molecule has 0 radical (unpaired) electrons. The number of aryl methyl sites for hydroxylation is 1. The molecule has 1 unspecified atom stereocenters. The second-order valence-corrected chi connectivity index (χ2v) is 8.97. The van der Waals surface area contributed by atoms with Crippen LogP contribution in [0.4, 0.5) is 0 Å². The molecule has 0 spiro atoms. The Labute approximate surface area is 197 Å². The van der Waals surface area contributed by atoms with E-state index in [1.807, 2.05) is 63.2 Å². The minimum atomic E-state index is -0.660. The van der Waals surface area contributed by atoms with Gasteiger partial charge in [0.25, 0.3) is 11.7 Å². The number of aliphatic hydroxyl groups excluding tert-OH is 1. The molecule has 170 valence electrons. The number of hydrogen-bond donors (Lipinski definition) is 1. The SMILES string of the molecule is CCOc1ccc(C2/C(=C(/O)c3ccc(Br)c(C)c3)C(=O)C(=O)N2CCCN(C)C)cc1. The monoisotopic (exact) mass is 500 g/mol. The minimum Gasteiger partial charge on any atom is -0.507 e. The number of carbonyl (C=O) groups excluding carboxylic acids is 2. The normalized spacial score (nSPS) is 17.9. The van der Waals surface area contributed by atoms with E-state index in [1.165, 1.54) is 0 Å². The summed E-state index contributed by atoms with van der Waals surface area (Å²) in [5.41, 5.74) is 2.30. The van der Waals surface area contributed by atoms with E-state index in [-0.39, 0.29) is 11.3 Å². The van der Waals surface area contributed by atoms with Gasteiger partial charge in [0.2, 0.25) is 0 Å². The lowest BCUT2D eigenvalue weighted by Crippen LogP contribution is -2.32. The molecule has 6 nitrogen and oxygen atoms in total. The molecular formula is C25H29BrN2O4. The van der Waals surface area contributed by atoms with E-state index in [2.05, 4.69) is 15.9 Å². The van der Waals surface area contributed by atoms with Crippen molar-refractivity contribution in [1.82, 2.24) is 9.80 Å². The van der Waals surface area contributed by atoms with Crippen LogP contribution < -0.4 is 4.74 Å². The Morgan fingerprint density at radius 2 is 1.84 bits per heavy atom. The first-order chi connectivity index (χ1) is 15.2. The summed E-state index contributed by atoms with van der Waals surface area (Å²) in [5.74, 6) is -0.692.